The Morgan fingerprint density at radius 3 is 2.39 bits per heavy atom. The van der Waals surface area contributed by atoms with Crippen LogP contribution in [0.2, 0.25) is 5.02 Å². The van der Waals surface area contributed by atoms with Gasteiger partial charge in [0.05, 0.1) is 23.6 Å². The van der Waals surface area contributed by atoms with Gasteiger partial charge in [0.2, 0.25) is 11.8 Å². The number of benzene rings is 2. The van der Waals surface area contributed by atoms with E-state index < -0.39 is 17.9 Å². The molecule has 0 spiro atoms. The van der Waals surface area contributed by atoms with E-state index >= 15 is 0 Å². The molecule has 0 aromatic heterocycles. The van der Waals surface area contributed by atoms with Crippen molar-refractivity contribution in [1.82, 2.24) is 4.90 Å². The van der Waals surface area contributed by atoms with Crippen LogP contribution in [0.5, 0.6) is 0 Å². The lowest BCUT2D eigenvalue weighted by Crippen LogP contribution is -2.48. The number of carbonyl (C=O) groups is 3. The summed E-state index contributed by atoms with van der Waals surface area (Å²) in [4.78, 5) is 42.4. The van der Waals surface area contributed by atoms with Gasteiger partial charge in [0.1, 0.15) is 0 Å². The number of rotatable bonds is 3. The SMILES string of the molecule is O=C1C=CC2C3C(=O)N(c4ccccc4)C(=O)C3C1N2Cc1cccc(Cl)c1. The van der Waals surface area contributed by atoms with Crippen LogP contribution >= 0.6 is 11.6 Å². The molecule has 3 aliphatic rings. The predicted molar refractivity (Wildman–Crippen MR) is 105 cm³/mol. The zero-order valence-electron chi connectivity index (χ0n) is 14.9. The summed E-state index contributed by atoms with van der Waals surface area (Å²) in [6.07, 6.45) is 3.29. The van der Waals surface area contributed by atoms with Crippen molar-refractivity contribution in [1.29, 1.82) is 0 Å². The van der Waals surface area contributed by atoms with Crippen molar-refractivity contribution < 1.29 is 14.4 Å². The number of para-hydroxylation sites is 1. The molecule has 2 aromatic carbocycles. The van der Waals surface area contributed by atoms with Gasteiger partial charge in [-0.05, 0) is 35.9 Å². The summed E-state index contributed by atoms with van der Waals surface area (Å²) in [5.41, 5.74) is 1.51. The summed E-state index contributed by atoms with van der Waals surface area (Å²) in [5.74, 6) is -1.84. The molecule has 140 valence electrons. The van der Waals surface area contributed by atoms with E-state index in [0.29, 0.717) is 17.3 Å². The number of halogens is 1. The first-order valence-corrected chi connectivity index (χ1v) is 9.59. The highest BCUT2D eigenvalue weighted by atomic mass is 35.5. The molecule has 3 heterocycles. The Kier molecular flexibility index (Phi) is 3.96. The standard InChI is InChI=1S/C22H17ClN2O3/c23-14-6-4-5-13(11-14)12-24-16-9-10-17(26)20(24)19-18(16)21(27)25(22(19)28)15-7-2-1-3-8-15/h1-11,16,18-20H,12H2. The number of fused-ring (bicyclic) bond motifs is 5. The van der Waals surface area contributed by atoms with Crippen LogP contribution in [-0.4, -0.2) is 34.6 Å². The average Bonchev–Trinajstić information content (AvgIpc) is 3.06. The molecule has 2 saturated heterocycles. The Morgan fingerprint density at radius 2 is 1.64 bits per heavy atom. The van der Waals surface area contributed by atoms with Crippen molar-refractivity contribution in [3.05, 3.63) is 77.3 Å². The number of carbonyl (C=O) groups excluding carboxylic acids is 3. The van der Waals surface area contributed by atoms with E-state index in [1.165, 1.54) is 11.0 Å². The Morgan fingerprint density at radius 1 is 0.893 bits per heavy atom. The number of hydrogen-bond donors (Lipinski definition) is 0. The third-order valence-corrected chi connectivity index (χ3v) is 6.10. The number of nitrogens with zero attached hydrogens (tertiary/aromatic N) is 2. The highest BCUT2D eigenvalue weighted by Crippen LogP contribution is 2.47. The molecule has 0 N–H and O–H groups in total. The van der Waals surface area contributed by atoms with Crippen molar-refractivity contribution in [3.63, 3.8) is 0 Å². The van der Waals surface area contributed by atoms with Gasteiger partial charge >= 0.3 is 0 Å². The van der Waals surface area contributed by atoms with Gasteiger partial charge in [0.15, 0.2) is 5.78 Å². The molecular formula is C22H17ClN2O3. The first kappa shape index (κ1) is 17.3. The molecule has 28 heavy (non-hydrogen) atoms. The summed E-state index contributed by atoms with van der Waals surface area (Å²) in [5, 5.41) is 0.617. The lowest BCUT2D eigenvalue weighted by atomic mass is 9.90. The van der Waals surface area contributed by atoms with Crippen molar-refractivity contribution in [2.24, 2.45) is 11.8 Å². The first-order valence-electron chi connectivity index (χ1n) is 9.21. The fourth-order valence-corrected chi connectivity index (χ4v) is 4.96. The Bertz CT molecular complexity index is 1020. The molecule has 4 atom stereocenters. The minimum atomic E-state index is -0.653. The lowest BCUT2D eigenvalue weighted by Gasteiger charge is -2.33. The zero-order valence-corrected chi connectivity index (χ0v) is 15.6. The molecule has 2 fully saturated rings. The van der Waals surface area contributed by atoms with Crippen LogP contribution in [0.25, 0.3) is 0 Å². The molecule has 0 saturated carbocycles. The first-order chi connectivity index (χ1) is 13.6. The second-order valence-electron chi connectivity index (χ2n) is 7.40. The Labute approximate surface area is 167 Å². The fourth-order valence-electron chi connectivity index (χ4n) is 4.75. The third kappa shape index (κ3) is 2.47. The van der Waals surface area contributed by atoms with Crippen LogP contribution in [0, 0.1) is 11.8 Å². The number of imide groups is 1. The van der Waals surface area contributed by atoms with Crippen LogP contribution in [-0.2, 0) is 20.9 Å². The number of anilines is 1. The van der Waals surface area contributed by atoms with E-state index in [2.05, 4.69) is 0 Å². The van der Waals surface area contributed by atoms with Gasteiger partial charge in [-0.25, -0.2) is 4.90 Å². The molecule has 3 aliphatic heterocycles. The molecule has 4 unspecified atom stereocenters. The van der Waals surface area contributed by atoms with E-state index in [1.54, 1.807) is 36.4 Å². The quantitative estimate of drug-likeness (QED) is 0.754. The number of amides is 2. The maximum atomic E-state index is 13.2. The molecule has 0 aliphatic carbocycles. The average molecular weight is 393 g/mol. The summed E-state index contributed by atoms with van der Waals surface area (Å²) in [7, 11) is 0. The van der Waals surface area contributed by atoms with E-state index in [0.717, 1.165) is 5.56 Å². The minimum absolute atomic E-state index is 0.123. The topological polar surface area (TPSA) is 57.7 Å². The van der Waals surface area contributed by atoms with E-state index in [-0.39, 0.29) is 23.6 Å². The summed E-state index contributed by atoms with van der Waals surface area (Å²) >= 11 is 6.09. The normalized spacial score (nSPS) is 28.9. The maximum Gasteiger partial charge on any atom is 0.239 e. The Balaban J connectivity index is 1.52. The van der Waals surface area contributed by atoms with Crippen LogP contribution < -0.4 is 4.90 Å². The minimum Gasteiger partial charge on any atom is -0.293 e. The van der Waals surface area contributed by atoms with Crippen molar-refractivity contribution in [2.45, 2.75) is 18.6 Å². The Hall–Kier alpha value is -2.76. The van der Waals surface area contributed by atoms with Gasteiger partial charge in [-0.2, -0.15) is 0 Å². The molecule has 5 rings (SSSR count). The van der Waals surface area contributed by atoms with Crippen LogP contribution in [0.15, 0.2) is 66.7 Å². The lowest BCUT2D eigenvalue weighted by molar-refractivity contribution is -0.129. The smallest absolute Gasteiger partial charge is 0.239 e. The molecule has 5 nitrogen and oxygen atoms in total. The second kappa shape index (κ2) is 6.40. The molecule has 0 radical (unpaired) electrons. The van der Waals surface area contributed by atoms with Crippen LogP contribution in [0.3, 0.4) is 0 Å². The summed E-state index contributed by atoms with van der Waals surface area (Å²) in [6.45, 7) is 0.463. The van der Waals surface area contributed by atoms with Gasteiger partial charge in [0.25, 0.3) is 0 Å². The van der Waals surface area contributed by atoms with Crippen molar-refractivity contribution in [2.75, 3.05) is 4.90 Å². The summed E-state index contributed by atoms with van der Waals surface area (Å²) in [6, 6.07) is 15.4. The van der Waals surface area contributed by atoms with Gasteiger partial charge in [-0.15, -0.1) is 0 Å². The number of ketones is 1. The summed E-state index contributed by atoms with van der Waals surface area (Å²) < 4.78 is 0. The highest BCUT2D eigenvalue weighted by Gasteiger charge is 2.64. The largest absolute Gasteiger partial charge is 0.293 e. The van der Waals surface area contributed by atoms with Crippen LogP contribution in [0.4, 0.5) is 5.69 Å². The monoisotopic (exact) mass is 392 g/mol. The predicted octanol–water partition coefficient (Wildman–Crippen LogP) is 2.84. The van der Waals surface area contributed by atoms with Crippen molar-refractivity contribution >= 4 is 34.9 Å². The molecule has 2 bridgehead atoms. The van der Waals surface area contributed by atoms with Gasteiger partial charge in [-0.3, -0.25) is 19.3 Å². The van der Waals surface area contributed by atoms with E-state index in [9.17, 15) is 14.4 Å². The van der Waals surface area contributed by atoms with E-state index in [4.69, 9.17) is 11.6 Å². The maximum absolute atomic E-state index is 13.2. The van der Waals surface area contributed by atoms with Gasteiger partial charge in [0, 0.05) is 17.6 Å². The van der Waals surface area contributed by atoms with Crippen molar-refractivity contribution in [3.8, 4) is 0 Å². The van der Waals surface area contributed by atoms with Gasteiger partial charge in [-0.1, -0.05) is 48.0 Å². The number of hydrogen-bond acceptors (Lipinski definition) is 4. The van der Waals surface area contributed by atoms with Gasteiger partial charge < -0.3 is 0 Å². The van der Waals surface area contributed by atoms with Crippen LogP contribution in [0.1, 0.15) is 5.56 Å². The molecule has 2 aromatic rings. The fraction of sp³-hybridized carbons (Fsp3) is 0.227. The third-order valence-electron chi connectivity index (χ3n) is 5.86. The second-order valence-corrected chi connectivity index (χ2v) is 7.83. The zero-order chi connectivity index (χ0) is 19.4. The molecular weight excluding hydrogens is 376 g/mol. The molecule has 2 amide bonds. The van der Waals surface area contributed by atoms with E-state index in [1.807, 2.05) is 29.2 Å². The highest BCUT2D eigenvalue weighted by molar-refractivity contribution is 6.30. The molecule has 6 heteroatoms.